The number of benzene rings is 1. The largest absolute Gasteiger partial charge is 0.454 e. The Hall–Kier alpha value is -2.55. The first kappa shape index (κ1) is 18.2. The highest BCUT2D eigenvalue weighted by Crippen LogP contribution is 2.32. The van der Waals surface area contributed by atoms with Crippen LogP contribution in [0.15, 0.2) is 28.4 Å². The van der Waals surface area contributed by atoms with Gasteiger partial charge in [-0.2, -0.15) is 5.10 Å². The maximum atomic E-state index is 11.7. The van der Waals surface area contributed by atoms with Crippen molar-refractivity contribution in [3.05, 3.63) is 23.8 Å². The zero-order chi connectivity index (χ0) is 18.5. The molecule has 1 aromatic rings. The quantitative estimate of drug-likeness (QED) is 0.598. The maximum Gasteiger partial charge on any atom is 0.233 e. The summed E-state index contributed by atoms with van der Waals surface area (Å²) in [5.41, 5.74) is 1.95. The summed E-state index contributed by atoms with van der Waals surface area (Å²) in [5, 5.41) is 13.3. The minimum Gasteiger partial charge on any atom is -0.454 e. The minimum absolute atomic E-state index is 0.135. The van der Waals surface area contributed by atoms with Gasteiger partial charge in [-0.15, -0.1) is 5.10 Å². The molecule has 2 amide bonds. The summed E-state index contributed by atoms with van der Waals surface area (Å²) >= 11 is 1.21. The van der Waals surface area contributed by atoms with E-state index in [4.69, 9.17) is 9.47 Å². The number of fused-ring (bicyclic) bond motifs is 1. The van der Waals surface area contributed by atoms with Crippen LogP contribution in [0.25, 0.3) is 0 Å². The van der Waals surface area contributed by atoms with Crippen LogP contribution in [-0.2, 0) is 16.0 Å². The molecule has 26 heavy (non-hydrogen) atoms. The number of nitrogens with zero attached hydrogens (tertiary/aromatic N) is 2. The molecule has 2 heterocycles. The first-order chi connectivity index (χ1) is 12.5. The molecule has 1 aromatic carbocycles. The van der Waals surface area contributed by atoms with Crippen molar-refractivity contribution in [3.63, 3.8) is 0 Å². The summed E-state index contributed by atoms with van der Waals surface area (Å²) in [6.07, 6.45) is 1.64. The molecule has 1 saturated heterocycles. The van der Waals surface area contributed by atoms with E-state index >= 15 is 0 Å². The van der Waals surface area contributed by atoms with Gasteiger partial charge >= 0.3 is 0 Å². The number of carbonyl (C=O) groups is 2. The molecule has 2 N–H and O–H groups in total. The Bertz CT molecular complexity index is 778. The Morgan fingerprint density at radius 1 is 1.38 bits per heavy atom. The Balaban J connectivity index is 1.57. The van der Waals surface area contributed by atoms with Crippen LogP contribution in [-0.4, -0.2) is 41.8 Å². The van der Waals surface area contributed by atoms with Gasteiger partial charge < -0.3 is 20.1 Å². The average Bonchev–Trinajstić information content (AvgIpc) is 3.11. The predicted octanol–water partition coefficient (Wildman–Crippen LogP) is 1.45. The zero-order valence-corrected chi connectivity index (χ0v) is 15.4. The topological polar surface area (TPSA) is 101 Å². The lowest BCUT2D eigenvalue weighted by Gasteiger charge is -2.20. The standard InChI is InChI=1S/C17H20N4O4S/c1-10(3-4-11-5-6-12-13(7-11)25-9-24-12)20-21-17-19-15(22)8-14(26-17)16(23)18-2/h5-7,14H,3-4,8-9H2,1-2H3,(H,18,23)(H,19,21,22)/b20-10-/t14-/m0/s1. The molecular weight excluding hydrogens is 356 g/mol. The molecule has 0 unspecified atom stereocenters. The van der Waals surface area contributed by atoms with Gasteiger partial charge in [-0.25, -0.2) is 0 Å². The zero-order valence-electron chi connectivity index (χ0n) is 14.6. The van der Waals surface area contributed by atoms with E-state index in [1.807, 2.05) is 25.1 Å². The van der Waals surface area contributed by atoms with E-state index < -0.39 is 5.25 Å². The van der Waals surface area contributed by atoms with Crippen LogP contribution >= 0.6 is 11.8 Å². The molecule has 2 aliphatic rings. The number of hydrogen-bond donors (Lipinski definition) is 2. The van der Waals surface area contributed by atoms with E-state index in [1.165, 1.54) is 11.8 Å². The minimum atomic E-state index is -0.475. The Morgan fingerprint density at radius 2 is 2.19 bits per heavy atom. The molecule has 1 fully saturated rings. The Labute approximate surface area is 155 Å². The lowest BCUT2D eigenvalue weighted by molar-refractivity contribution is -0.125. The second-order valence-corrected chi connectivity index (χ2v) is 7.09. The summed E-state index contributed by atoms with van der Waals surface area (Å²) in [6, 6.07) is 5.86. The lowest BCUT2D eigenvalue weighted by Crippen LogP contribution is -2.43. The molecule has 1 atom stereocenters. The molecule has 2 aliphatic heterocycles. The fourth-order valence-corrected chi connectivity index (χ4v) is 3.49. The number of aryl methyl sites for hydroxylation is 1. The van der Waals surface area contributed by atoms with Crippen molar-refractivity contribution in [2.75, 3.05) is 13.8 Å². The van der Waals surface area contributed by atoms with Crippen molar-refractivity contribution in [1.82, 2.24) is 10.6 Å². The van der Waals surface area contributed by atoms with Crippen molar-refractivity contribution in [3.8, 4) is 11.5 Å². The molecular formula is C17H20N4O4S. The van der Waals surface area contributed by atoms with Gasteiger partial charge in [0.25, 0.3) is 0 Å². The van der Waals surface area contributed by atoms with Gasteiger partial charge in [0.15, 0.2) is 16.7 Å². The molecule has 138 valence electrons. The highest BCUT2D eigenvalue weighted by atomic mass is 32.2. The van der Waals surface area contributed by atoms with Crippen LogP contribution in [0.1, 0.15) is 25.3 Å². The number of rotatable bonds is 5. The van der Waals surface area contributed by atoms with Gasteiger partial charge in [0.05, 0.1) is 5.25 Å². The molecule has 0 aromatic heterocycles. The number of thioether (sulfide) groups is 1. The molecule has 0 bridgehead atoms. The number of ether oxygens (including phenoxy) is 2. The highest BCUT2D eigenvalue weighted by molar-refractivity contribution is 8.15. The number of carbonyl (C=O) groups excluding carboxylic acids is 2. The van der Waals surface area contributed by atoms with E-state index in [0.29, 0.717) is 11.6 Å². The third-order valence-corrected chi connectivity index (χ3v) is 5.01. The maximum absolute atomic E-state index is 11.7. The van der Waals surface area contributed by atoms with Gasteiger partial charge in [0.1, 0.15) is 0 Å². The average molecular weight is 376 g/mol. The number of nitrogens with one attached hydrogen (secondary N) is 2. The number of amidine groups is 1. The number of amides is 2. The Morgan fingerprint density at radius 3 is 3.00 bits per heavy atom. The smallest absolute Gasteiger partial charge is 0.233 e. The molecule has 3 rings (SSSR count). The second-order valence-electron chi connectivity index (χ2n) is 5.90. The van der Waals surface area contributed by atoms with Crippen LogP contribution < -0.4 is 20.1 Å². The summed E-state index contributed by atoms with van der Waals surface area (Å²) in [7, 11) is 1.55. The second kappa shape index (κ2) is 8.22. The molecule has 9 heteroatoms. The van der Waals surface area contributed by atoms with Crippen LogP contribution in [0, 0.1) is 0 Å². The third kappa shape index (κ3) is 4.54. The van der Waals surface area contributed by atoms with Crippen molar-refractivity contribution < 1.29 is 19.1 Å². The van der Waals surface area contributed by atoms with Crippen LogP contribution in [0.2, 0.25) is 0 Å². The first-order valence-corrected chi connectivity index (χ1v) is 9.11. The fourth-order valence-electron chi connectivity index (χ4n) is 2.50. The van der Waals surface area contributed by atoms with Gasteiger partial charge in [0.2, 0.25) is 18.6 Å². The van der Waals surface area contributed by atoms with Crippen molar-refractivity contribution >= 4 is 34.5 Å². The molecule has 0 saturated carbocycles. The van der Waals surface area contributed by atoms with Gasteiger partial charge in [0, 0.05) is 19.2 Å². The highest BCUT2D eigenvalue weighted by Gasteiger charge is 2.29. The first-order valence-electron chi connectivity index (χ1n) is 8.23. The SMILES string of the molecule is CNC(=O)[C@@H]1CC(=O)N/C(=N\N=C(\C)CCc2ccc3c(c2)OCO3)S1. The lowest BCUT2D eigenvalue weighted by atomic mass is 10.1. The van der Waals surface area contributed by atoms with E-state index in [-0.39, 0.29) is 25.0 Å². The van der Waals surface area contributed by atoms with Crippen molar-refractivity contribution in [1.29, 1.82) is 0 Å². The van der Waals surface area contributed by atoms with Crippen LogP contribution in [0.5, 0.6) is 11.5 Å². The molecule has 0 radical (unpaired) electrons. The monoisotopic (exact) mass is 376 g/mol. The van der Waals surface area contributed by atoms with E-state index in [2.05, 4.69) is 20.8 Å². The predicted molar refractivity (Wildman–Crippen MR) is 99.6 cm³/mol. The fraction of sp³-hybridized carbons (Fsp3) is 0.412. The molecule has 0 aliphatic carbocycles. The van der Waals surface area contributed by atoms with Gasteiger partial charge in [-0.05, 0) is 37.5 Å². The third-order valence-electron chi connectivity index (χ3n) is 3.93. The summed E-state index contributed by atoms with van der Waals surface area (Å²) in [4.78, 5) is 23.4. The van der Waals surface area contributed by atoms with Gasteiger partial charge in [-0.1, -0.05) is 17.8 Å². The summed E-state index contributed by atoms with van der Waals surface area (Å²) in [5.74, 6) is 1.10. The summed E-state index contributed by atoms with van der Waals surface area (Å²) in [6.45, 7) is 2.14. The van der Waals surface area contributed by atoms with Crippen molar-refractivity contribution in [2.24, 2.45) is 10.2 Å². The van der Waals surface area contributed by atoms with E-state index in [9.17, 15) is 9.59 Å². The Kier molecular flexibility index (Phi) is 5.77. The van der Waals surface area contributed by atoms with E-state index in [0.717, 1.165) is 29.2 Å². The normalized spacial score (nSPS) is 20.8. The van der Waals surface area contributed by atoms with Crippen LogP contribution in [0.3, 0.4) is 0 Å². The van der Waals surface area contributed by atoms with Crippen molar-refractivity contribution in [2.45, 2.75) is 31.4 Å². The van der Waals surface area contributed by atoms with E-state index in [1.54, 1.807) is 7.05 Å². The van der Waals surface area contributed by atoms with Gasteiger partial charge in [-0.3, -0.25) is 9.59 Å². The van der Waals surface area contributed by atoms with Crippen LogP contribution in [0.4, 0.5) is 0 Å². The molecule has 0 spiro atoms. The summed E-state index contributed by atoms with van der Waals surface area (Å²) < 4.78 is 10.7. The number of hydrogen-bond acceptors (Lipinski definition) is 7. The molecule has 8 nitrogen and oxygen atoms in total.